The number of hydrogen-bond acceptors (Lipinski definition) is 1. The van der Waals surface area contributed by atoms with Crippen LogP contribution in [0, 0.1) is 5.92 Å². The van der Waals surface area contributed by atoms with E-state index in [4.69, 9.17) is 0 Å². The van der Waals surface area contributed by atoms with Gasteiger partial charge in [0.1, 0.15) is 0 Å². The monoisotopic (exact) mass is 140 g/mol. The van der Waals surface area contributed by atoms with E-state index >= 15 is 0 Å². The summed E-state index contributed by atoms with van der Waals surface area (Å²) in [6.45, 7) is 7.52. The third-order valence-corrected chi connectivity index (χ3v) is 3.09. The first-order valence-electron chi connectivity index (χ1n) is 3.23. The Morgan fingerprint density at radius 3 is 2.44 bits per heavy atom. The van der Waals surface area contributed by atoms with Gasteiger partial charge in [-0.15, -0.1) is 13.2 Å². The van der Waals surface area contributed by atoms with Crippen LogP contribution in [0.1, 0.15) is 6.42 Å². The molecule has 1 aliphatic rings. The molecule has 0 aromatic rings. The lowest BCUT2D eigenvalue weighted by molar-refractivity contribution is 0.714. The van der Waals surface area contributed by atoms with Gasteiger partial charge in [-0.1, -0.05) is 12.2 Å². The maximum absolute atomic E-state index is 3.76. The van der Waals surface area contributed by atoms with Crippen LogP contribution >= 0.6 is 11.8 Å². The molecule has 0 spiro atoms. The second-order valence-corrected chi connectivity index (χ2v) is 3.61. The molecule has 1 rings (SSSR count). The van der Waals surface area contributed by atoms with Crippen LogP contribution in [-0.4, -0.2) is 11.0 Å². The van der Waals surface area contributed by atoms with Crippen molar-refractivity contribution < 1.29 is 0 Å². The van der Waals surface area contributed by atoms with Crippen molar-refractivity contribution in [2.45, 2.75) is 11.7 Å². The van der Waals surface area contributed by atoms with Crippen LogP contribution in [0.5, 0.6) is 0 Å². The first-order chi connectivity index (χ1) is 4.36. The van der Waals surface area contributed by atoms with Crippen molar-refractivity contribution in [3.63, 3.8) is 0 Å². The number of hydrogen-bond donors (Lipinski definition) is 0. The van der Waals surface area contributed by atoms with E-state index in [1.807, 2.05) is 17.8 Å². The van der Waals surface area contributed by atoms with Crippen molar-refractivity contribution in [3.05, 3.63) is 25.3 Å². The average Bonchev–Trinajstić information content (AvgIpc) is 2.34. The molecule has 2 unspecified atom stereocenters. The maximum atomic E-state index is 3.76. The molecular formula is C8H12S. The van der Waals surface area contributed by atoms with Crippen LogP contribution in [0.15, 0.2) is 25.3 Å². The van der Waals surface area contributed by atoms with E-state index in [1.165, 1.54) is 12.2 Å². The summed E-state index contributed by atoms with van der Waals surface area (Å²) in [6.07, 6.45) is 5.34. The Morgan fingerprint density at radius 1 is 1.33 bits per heavy atom. The normalized spacial score (nSPS) is 34.2. The van der Waals surface area contributed by atoms with Gasteiger partial charge in [-0.05, 0) is 12.3 Å². The van der Waals surface area contributed by atoms with Gasteiger partial charge in [-0.3, -0.25) is 0 Å². The first-order valence-corrected chi connectivity index (χ1v) is 4.28. The Kier molecular flexibility index (Phi) is 2.40. The maximum Gasteiger partial charge on any atom is 0.0230 e. The molecule has 50 valence electrons. The second kappa shape index (κ2) is 3.11. The van der Waals surface area contributed by atoms with Crippen LogP contribution < -0.4 is 0 Å². The van der Waals surface area contributed by atoms with Gasteiger partial charge in [0.05, 0.1) is 0 Å². The summed E-state index contributed by atoms with van der Waals surface area (Å²) in [6, 6.07) is 0. The lowest BCUT2D eigenvalue weighted by atomic mass is 10.1. The van der Waals surface area contributed by atoms with Crippen LogP contribution in [-0.2, 0) is 0 Å². The molecule has 0 nitrogen and oxygen atoms in total. The molecule has 0 aliphatic carbocycles. The van der Waals surface area contributed by atoms with Crippen molar-refractivity contribution in [2.24, 2.45) is 5.92 Å². The van der Waals surface area contributed by atoms with E-state index < -0.39 is 0 Å². The topological polar surface area (TPSA) is 0 Å². The molecule has 9 heavy (non-hydrogen) atoms. The van der Waals surface area contributed by atoms with Crippen molar-refractivity contribution in [2.75, 3.05) is 5.75 Å². The minimum atomic E-state index is 0.688. The van der Waals surface area contributed by atoms with E-state index in [0.717, 1.165) is 5.92 Å². The number of rotatable bonds is 2. The van der Waals surface area contributed by atoms with Crippen LogP contribution in [0.3, 0.4) is 0 Å². The molecule has 0 N–H and O–H groups in total. The van der Waals surface area contributed by atoms with Gasteiger partial charge < -0.3 is 0 Å². The van der Waals surface area contributed by atoms with Crippen LogP contribution in [0.4, 0.5) is 0 Å². The Morgan fingerprint density at radius 2 is 2.11 bits per heavy atom. The van der Waals surface area contributed by atoms with E-state index in [2.05, 4.69) is 19.2 Å². The highest BCUT2D eigenvalue weighted by Gasteiger charge is 2.19. The minimum absolute atomic E-state index is 0.688. The number of allylic oxidation sites excluding steroid dienone is 1. The predicted octanol–water partition coefficient (Wildman–Crippen LogP) is 2.48. The zero-order valence-corrected chi connectivity index (χ0v) is 6.36. The summed E-state index contributed by atoms with van der Waals surface area (Å²) in [4.78, 5) is 0. The predicted molar refractivity (Wildman–Crippen MR) is 44.7 cm³/mol. The van der Waals surface area contributed by atoms with Crippen LogP contribution in [0.2, 0.25) is 0 Å². The second-order valence-electron chi connectivity index (χ2n) is 2.34. The summed E-state index contributed by atoms with van der Waals surface area (Å²) in [5.74, 6) is 1.97. The summed E-state index contributed by atoms with van der Waals surface area (Å²) in [5, 5.41) is 0.688. The lowest BCUT2D eigenvalue weighted by Crippen LogP contribution is -1.94. The molecule has 1 heterocycles. The van der Waals surface area contributed by atoms with Gasteiger partial charge in [0.15, 0.2) is 0 Å². The van der Waals surface area contributed by atoms with E-state index in [0.29, 0.717) is 5.25 Å². The third kappa shape index (κ3) is 1.62. The van der Waals surface area contributed by atoms with Gasteiger partial charge in [-0.25, -0.2) is 0 Å². The van der Waals surface area contributed by atoms with Gasteiger partial charge in [0, 0.05) is 11.0 Å². The van der Waals surface area contributed by atoms with E-state index in [-0.39, 0.29) is 0 Å². The summed E-state index contributed by atoms with van der Waals surface area (Å²) < 4.78 is 0. The van der Waals surface area contributed by atoms with Gasteiger partial charge in [0.2, 0.25) is 0 Å². The molecule has 2 atom stereocenters. The Labute approximate surface area is 61.0 Å². The first kappa shape index (κ1) is 6.94. The Balaban J connectivity index is 2.36. The smallest absolute Gasteiger partial charge is 0.0230 e. The molecule has 0 aromatic carbocycles. The molecule has 0 saturated carbocycles. The van der Waals surface area contributed by atoms with Crippen molar-refractivity contribution in [1.29, 1.82) is 0 Å². The van der Waals surface area contributed by atoms with Crippen molar-refractivity contribution in [3.8, 4) is 0 Å². The van der Waals surface area contributed by atoms with Gasteiger partial charge >= 0.3 is 0 Å². The largest absolute Gasteiger partial charge is 0.154 e. The van der Waals surface area contributed by atoms with Crippen molar-refractivity contribution in [1.82, 2.24) is 0 Å². The summed E-state index contributed by atoms with van der Waals surface area (Å²) in [5.41, 5.74) is 0. The minimum Gasteiger partial charge on any atom is -0.154 e. The Bertz CT molecular complexity index is 104. The fourth-order valence-corrected chi connectivity index (χ4v) is 2.30. The lowest BCUT2D eigenvalue weighted by Gasteiger charge is -1.98. The van der Waals surface area contributed by atoms with Crippen LogP contribution in [0.25, 0.3) is 0 Å². The highest BCUT2D eigenvalue weighted by atomic mass is 32.2. The van der Waals surface area contributed by atoms with Gasteiger partial charge in [0.25, 0.3) is 0 Å². The van der Waals surface area contributed by atoms with Crippen molar-refractivity contribution >= 4 is 11.8 Å². The standard InChI is InChI=1S/C8H12S/c1-3-7-5-8(4-2)9-6-7/h3-4,7-8H,1-2,5-6H2. The highest BCUT2D eigenvalue weighted by molar-refractivity contribution is 8.00. The average molecular weight is 140 g/mol. The van der Waals surface area contributed by atoms with E-state index in [1.54, 1.807) is 0 Å². The number of thioether (sulfide) groups is 1. The SMILES string of the molecule is C=CC1CSC(C=C)C1. The third-order valence-electron chi connectivity index (χ3n) is 1.66. The summed E-state index contributed by atoms with van der Waals surface area (Å²) >= 11 is 1.99. The Hall–Kier alpha value is -0.170. The quantitative estimate of drug-likeness (QED) is 0.531. The fraction of sp³-hybridized carbons (Fsp3) is 0.500. The molecular weight excluding hydrogens is 128 g/mol. The zero-order chi connectivity index (χ0) is 6.69. The van der Waals surface area contributed by atoms with Gasteiger partial charge in [-0.2, -0.15) is 11.8 Å². The molecule has 1 aliphatic heterocycles. The summed E-state index contributed by atoms with van der Waals surface area (Å²) in [7, 11) is 0. The molecule has 1 heteroatoms. The molecule has 0 bridgehead atoms. The molecule has 0 aromatic heterocycles. The molecule has 0 amide bonds. The molecule has 0 radical (unpaired) electrons. The highest BCUT2D eigenvalue weighted by Crippen LogP contribution is 2.32. The fourth-order valence-electron chi connectivity index (χ4n) is 1.01. The molecule has 1 fully saturated rings. The molecule has 1 saturated heterocycles. The zero-order valence-electron chi connectivity index (χ0n) is 5.55. The van der Waals surface area contributed by atoms with E-state index in [9.17, 15) is 0 Å².